The van der Waals surface area contributed by atoms with Crippen molar-refractivity contribution in [2.45, 2.75) is 4.90 Å². The van der Waals surface area contributed by atoms with Crippen LogP contribution in [0.15, 0.2) is 41.3 Å². The zero-order chi connectivity index (χ0) is 18.9. The van der Waals surface area contributed by atoms with Crippen LogP contribution in [0.25, 0.3) is 11.0 Å². The number of benzene rings is 2. The summed E-state index contributed by atoms with van der Waals surface area (Å²) in [5.74, 6) is -0.626. The number of anilines is 1. The van der Waals surface area contributed by atoms with Gasteiger partial charge in [0.05, 0.1) is 23.2 Å². The molecule has 0 aliphatic rings. The predicted molar refractivity (Wildman–Crippen MR) is 91.3 cm³/mol. The smallest absolute Gasteiger partial charge is 0.413 e. The Morgan fingerprint density at radius 1 is 1.27 bits per heavy atom. The fourth-order valence-corrected chi connectivity index (χ4v) is 3.25. The number of methoxy groups -OCH3 is 1. The first-order valence-corrected chi connectivity index (χ1v) is 8.81. The zero-order valence-corrected chi connectivity index (χ0v) is 14.7. The van der Waals surface area contributed by atoms with Gasteiger partial charge in [-0.05, 0) is 30.3 Å². The number of nitrogens with one attached hydrogen (secondary N) is 2. The van der Waals surface area contributed by atoms with Crippen LogP contribution in [-0.4, -0.2) is 31.6 Å². The lowest BCUT2D eigenvalue weighted by atomic mass is 10.3. The molecule has 0 fully saturated rings. The quantitative estimate of drug-likeness (QED) is 0.651. The van der Waals surface area contributed by atoms with Crippen molar-refractivity contribution >= 4 is 44.8 Å². The van der Waals surface area contributed by atoms with E-state index in [0.29, 0.717) is 11.0 Å². The lowest BCUT2D eigenvalue weighted by molar-refractivity contribution is 0.186. The Morgan fingerprint density at radius 3 is 2.73 bits per heavy atom. The molecule has 1 aromatic heterocycles. The van der Waals surface area contributed by atoms with Crippen LogP contribution in [-0.2, 0) is 14.9 Å². The molecule has 11 heteroatoms. The molecule has 2 aromatic carbocycles. The summed E-state index contributed by atoms with van der Waals surface area (Å²) in [6.45, 7) is 0. The van der Waals surface area contributed by atoms with E-state index in [1.165, 1.54) is 25.3 Å². The maximum Gasteiger partial charge on any atom is 0.413 e. The van der Waals surface area contributed by atoms with Crippen LogP contribution in [0.2, 0.25) is 5.02 Å². The Balaban J connectivity index is 1.88. The standard InChI is InChI=1S/C15H11ClFN3O5S/c1-24-15(21)20-14-18-12-5-2-8(6-13(12)19-14)25-26(22,23)9-3-4-11(17)10(16)7-9/h2-7H,1H3,(H2,18,19,20,21). The van der Waals surface area contributed by atoms with Gasteiger partial charge in [-0.25, -0.2) is 14.2 Å². The topological polar surface area (TPSA) is 110 Å². The number of aromatic amines is 1. The highest BCUT2D eigenvalue weighted by Gasteiger charge is 2.19. The number of carbonyl (C=O) groups is 1. The summed E-state index contributed by atoms with van der Waals surface area (Å²) >= 11 is 5.60. The maximum atomic E-state index is 13.2. The van der Waals surface area contributed by atoms with Crippen LogP contribution in [0.4, 0.5) is 15.1 Å². The molecular weight excluding hydrogens is 389 g/mol. The van der Waals surface area contributed by atoms with Crippen molar-refractivity contribution in [2.75, 3.05) is 12.4 Å². The second-order valence-electron chi connectivity index (χ2n) is 4.99. The van der Waals surface area contributed by atoms with E-state index in [0.717, 1.165) is 18.2 Å². The molecule has 0 aliphatic carbocycles. The van der Waals surface area contributed by atoms with E-state index in [4.69, 9.17) is 15.8 Å². The summed E-state index contributed by atoms with van der Waals surface area (Å²) in [5.41, 5.74) is 0.882. The minimum Gasteiger partial charge on any atom is -0.453 e. The first-order chi connectivity index (χ1) is 12.3. The fraction of sp³-hybridized carbons (Fsp3) is 0.0667. The molecule has 0 aliphatic heterocycles. The molecule has 26 heavy (non-hydrogen) atoms. The first kappa shape index (κ1) is 18.0. The largest absolute Gasteiger partial charge is 0.453 e. The van der Waals surface area contributed by atoms with Gasteiger partial charge in [0.15, 0.2) is 0 Å². The van der Waals surface area contributed by atoms with Crippen LogP contribution in [0, 0.1) is 5.82 Å². The summed E-state index contributed by atoms with van der Waals surface area (Å²) in [7, 11) is -3.01. The van der Waals surface area contributed by atoms with Crippen molar-refractivity contribution in [3.63, 3.8) is 0 Å². The summed E-state index contributed by atoms with van der Waals surface area (Å²) in [5, 5.41) is 2.01. The average Bonchev–Trinajstić information content (AvgIpc) is 2.98. The van der Waals surface area contributed by atoms with Crippen LogP contribution < -0.4 is 9.50 Å². The average molecular weight is 400 g/mol. The van der Waals surface area contributed by atoms with Crippen LogP contribution in [0.1, 0.15) is 0 Å². The van der Waals surface area contributed by atoms with Gasteiger partial charge in [-0.1, -0.05) is 11.6 Å². The third kappa shape index (κ3) is 3.70. The summed E-state index contributed by atoms with van der Waals surface area (Å²) < 4.78 is 47.3. The van der Waals surface area contributed by atoms with Gasteiger partial charge < -0.3 is 13.9 Å². The molecule has 1 amide bonds. The van der Waals surface area contributed by atoms with Gasteiger partial charge in [-0.3, -0.25) is 5.32 Å². The van der Waals surface area contributed by atoms with Crippen LogP contribution in [0.5, 0.6) is 5.75 Å². The van der Waals surface area contributed by atoms with E-state index >= 15 is 0 Å². The summed E-state index contributed by atoms with van der Waals surface area (Å²) in [6, 6.07) is 7.20. The molecule has 0 unspecified atom stereocenters. The molecule has 0 spiro atoms. The van der Waals surface area contributed by atoms with Gasteiger partial charge in [0.2, 0.25) is 5.95 Å². The maximum absolute atomic E-state index is 13.2. The molecule has 136 valence electrons. The number of rotatable bonds is 4. The van der Waals surface area contributed by atoms with Crippen molar-refractivity contribution in [1.82, 2.24) is 9.97 Å². The van der Waals surface area contributed by atoms with E-state index in [-0.39, 0.29) is 21.6 Å². The predicted octanol–water partition coefficient (Wildman–Crippen LogP) is 3.30. The van der Waals surface area contributed by atoms with E-state index in [1.54, 1.807) is 0 Å². The Hall–Kier alpha value is -2.85. The molecule has 3 aromatic rings. The molecular formula is C15H11ClFN3O5S. The van der Waals surface area contributed by atoms with Gasteiger partial charge in [-0.2, -0.15) is 8.42 Å². The van der Waals surface area contributed by atoms with Crippen molar-refractivity contribution in [1.29, 1.82) is 0 Å². The molecule has 0 atom stereocenters. The highest BCUT2D eigenvalue weighted by molar-refractivity contribution is 7.87. The van der Waals surface area contributed by atoms with Crippen LogP contribution in [0.3, 0.4) is 0 Å². The third-order valence-electron chi connectivity index (χ3n) is 3.24. The van der Waals surface area contributed by atoms with Gasteiger partial charge in [0.25, 0.3) is 0 Å². The Bertz CT molecular complexity index is 1100. The normalized spacial score (nSPS) is 11.3. The molecule has 0 radical (unpaired) electrons. The van der Waals surface area contributed by atoms with E-state index in [1.807, 2.05) is 0 Å². The van der Waals surface area contributed by atoms with E-state index in [9.17, 15) is 17.6 Å². The molecule has 0 saturated heterocycles. The summed E-state index contributed by atoms with van der Waals surface area (Å²) in [6.07, 6.45) is -0.712. The number of ether oxygens (including phenoxy) is 1. The molecule has 2 N–H and O–H groups in total. The number of carbonyl (C=O) groups excluding carboxylic acids is 1. The zero-order valence-electron chi connectivity index (χ0n) is 13.1. The molecule has 0 bridgehead atoms. The van der Waals surface area contributed by atoms with Gasteiger partial charge >= 0.3 is 16.2 Å². The number of aromatic nitrogens is 2. The first-order valence-electron chi connectivity index (χ1n) is 7.03. The number of imidazole rings is 1. The van der Waals surface area contributed by atoms with E-state index in [2.05, 4.69) is 20.0 Å². The lowest BCUT2D eigenvalue weighted by Gasteiger charge is -2.07. The van der Waals surface area contributed by atoms with Crippen molar-refractivity contribution in [3.05, 3.63) is 47.2 Å². The number of hydrogen-bond acceptors (Lipinski definition) is 6. The number of H-pyrrole nitrogens is 1. The van der Waals surface area contributed by atoms with Gasteiger partial charge in [-0.15, -0.1) is 0 Å². The molecule has 1 heterocycles. The van der Waals surface area contributed by atoms with Crippen LogP contribution >= 0.6 is 11.6 Å². The van der Waals surface area contributed by atoms with Crippen molar-refractivity contribution < 1.29 is 26.5 Å². The molecule has 0 saturated carbocycles. The second kappa shape index (κ2) is 6.81. The van der Waals surface area contributed by atoms with Crippen molar-refractivity contribution in [3.8, 4) is 5.75 Å². The second-order valence-corrected chi connectivity index (χ2v) is 6.95. The lowest BCUT2D eigenvalue weighted by Crippen LogP contribution is -2.11. The number of nitrogens with zero attached hydrogens (tertiary/aromatic N) is 1. The highest BCUT2D eigenvalue weighted by atomic mass is 35.5. The number of amides is 1. The Kier molecular flexibility index (Phi) is 4.70. The SMILES string of the molecule is COC(=O)Nc1nc2ccc(OS(=O)(=O)c3ccc(F)c(Cl)c3)cc2[nH]1. The number of fused-ring (bicyclic) bond motifs is 1. The Morgan fingerprint density at radius 2 is 2.04 bits per heavy atom. The minimum absolute atomic E-state index is 0.00813. The fourth-order valence-electron chi connectivity index (χ4n) is 2.05. The molecule has 8 nitrogen and oxygen atoms in total. The highest BCUT2D eigenvalue weighted by Crippen LogP contribution is 2.25. The Labute approximate surface area is 152 Å². The third-order valence-corrected chi connectivity index (χ3v) is 4.78. The van der Waals surface area contributed by atoms with Crippen molar-refractivity contribution in [2.24, 2.45) is 0 Å². The minimum atomic E-state index is -4.21. The summed E-state index contributed by atoms with van der Waals surface area (Å²) in [4.78, 5) is 17.8. The number of hydrogen-bond donors (Lipinski definition) is 2. The molecule has 3 rings (SSSR count). The van der Waals surface area contributed by atoms with E-state index < -0.39 is 22.0 Å². The monoisotopic (exact) mass is 399 g/mol. The van der Waals surface area contributed by atoms with Gasteiger partial charge in [0, 0.05) is 6.07 Å². The van der Waals surface area contributed by atoms with Gasteiger partial charge in [0.1, 0.15) is 16.5 Å². The number of halogens is 2.